The maximum absolute atomic E-state index is 12.1. The van der Waals surface area contributed by atoms with Crippen LogP contribution in [0.2, 0.25) is 0 Å². The summed E-state index contributed by atoms with van der Waals surface area (Å²) < 4.78 is 0.938. The van der Waals surface area contributed by atoms with E-state index in [1.54, 1.807) is 23.1 Å². The molecule has 1 N–H and O–H groups in total. The zero-order valence-corrected chi connectivity index (χ0v) is 14.0. The van der Waals surface area contributed by atoms with E-state index in [-0.39, 0.29) is 5.25 Å². The third kappa shape index (κ3) is 4.42. The Balaban J connectivity index is 1.55. The summed E-state index contributed by atoms with van der Waals surface area (Å²) in [6, 6.07) is 0.559. The van der Waals surface area contributed by atoms with Gasteiger partial charge in [0, 0.05) is 12.5 Å². The van der Waals surface area contributed by atoms with Crippen LogP contribution in [0.3, 0.4) is 0 Å². The average Bonchev–Trinajstić information content (AvgIpc) is 2.83. The predicted octanol–water partition coefficient (Wildman–Crippen LogP) is 4.28. The van der Waals surface area contributed by atoms with Gasteiger partial charge in [0.15, 0.2) is 4.34 Å². The number of Topliss-reactive ketones (excluding diaryl/α,β-unsaturated/α-hetero) is 1. The van der Waals surface area contributed by atoms with Crippen LogP contribution in [0.5, 0.6) is 0 Å². The molecule has 0 spiro atoms. The summed E-state index contributed by atoms with van der Waals surface area (Å²) in [5.74, 6) is 0.398. The molecule has 4 nitrogen and oxygen atoms in total. The Hall–Kier alpha value is -0.620. The number of rotatable bonds is 4. The number of anilines is 1. The molecule has 1 atom stereocenters. The van der Waals surface area contributed by atoms with Crippen LogP contribution in [0.25, 0.3) is 0 Å². The maximum atomic E-state index is 12.1. The summed E-state index contributed by atoms with van der Waals surface area (Å²) in [5, 5.41) is 13.0. The van der Waals surface area contributed by atoms with E-state index < -0.39 is 0 Å². The number of hydrogen-bond donors (Lipinski definition) is 1. The molecule has 2 fully saturated rings. The van der Waals surface area contributed by atoms with E-state index in [0.717, 1.165) is 35.2 Å². The summed E-state index contributed by atoms with van der Waals surface area (Å²) in [6.45, 7) is 0. The molecule has 0 saturated heterocycles. The molecule has 6 heteroatoms. The minimum Gasteiger partial charge on any atom is -0.357 e. The lowest BCUT2D eigenvalue weighted by Crippen LogP contribution is -2.21. The van der Waals surface area contributed by atoms with Crippen molar-refractivity contribution in [3.63, 3.8) is 0 Å². The predicted molar refractivity (Wildman–Crippen MR) is 88.1 cm³/mol. The highest BCUT2D eigenvalue weighted by Crippen LogP contribution is 2.34. The van der Waals surface area contributed by atoms with Crippen molar-refractivity contribution in [3.8, 4) is 0 Å². The van der Waals surface area contributed by atoms with Crippen molar-refractivity contribution in [3.05, 3.63) is 0 Å². The second kappa shape index (κ2) is 7.58. The molecule has 0 aromatic carbocycles. The highest BCUT2D eigenvalue weighted by atomic mass is 32.2. The highest BCUT2D eigenvalue weighted by molar-refractivity contribution is 8.02. The Morgan fingerprint density at radius 3 is 2.62 bits per heavy atom. The molecule has 3 rings (SSSR count). The maximum Gasteiger partial charge on any atom is 0.206 e. The fraction of sp³-hybridized carbons (Fsp3) is 0.800. The summed E-state index contributed by atoms with van der Waals surface area (Å²) in [4.78, 5) is 12.1. The first-order valence-corrected chi connectivity index (χ1v) is 9.80. The van der Waals surface area contributed by atoms with Gasteiger partial charge in [-0.05, 0) is 25.7 Å². The largest absolute Gasteiger partial charge is 0.357 e. The summed E-state index contributed by atoms with van der Waals surface area (Å²) in [6.07, 6.45) is 11.6. The Kier molecular flexibility index (Phi) is 5.52. The van der Waals surface area contributed by atoms with Crippen molar-refractivity contribution in [1.29, 1.82) is 0 Å². The molecule has 0 bridgehead atoms. The third-order valence-corrected chi connectivity index (χ3v) is 6.59. The quantitative estimate of drug-likeness (QED) is 0.838. The van der Waals surface area contributed by atoms with Crippen LogP contribution >= 0.6 is 23.1 Å². The van der Waals surface area contributed by atoms with Crippen LogP contribution < -0.4 is 5.32 Å². The van der Waals surface area contributed by atoms with Crippen molar-refractivity contribution in [1.82, 2.24) is 10.2 Å². The van der Waals surface area contributed by atoms with Crippen molar-refractivity contribution in [2.45, 2.75) is 79.8 Å². The average molecular weight is 326 g/mol. The van der Waals surface area contributed by atoms with Gasteiger partial charge in [-0.1, -0.05) is 55.2 Å². The van der Waals surface area contributed by atoms with E-state index in [2.05, 4.69) is 15.5 Å². The SMILES string of the molecule is O=C1CCCCCC1Sc1nnc(NC2CCCCC2)s1. The van der Waals surface area contributed by atoms with Gasteiger partial charge < -0.3 is 5.32 Å². The first-order chi connectivity index (χ1) is 10.3. The number of hydrogen-bond acceptors (Lipinski definition) is 6. The molecule has 1 heterocycles. The molecule has 0 radical (unpaired) electrons. The lowest BCUT2D eigenvalue weighted by atomic mass is 9.96. The van der Waals surface area contributed by atoms with Crippen molar-refractivity contribution in [2.24, 2.45) is 0 Å². The number of nitrogens with zero attached hydrogens (tertiary/aromatic N) is 2. The van der Waals surface area contributed by atoms with Crippen molar-refractivity contribution in [2.75, 3.05) is 5.32 Å². The molecule has 2 aliphatic carbocycles. The van der Waals surface area contributed by atoms with E-state index in [9.17, 15) is 4.79 Å². The third-order valence-electron chi connectivity index (χ3n) is 4.33. The van der Waals surface area contributed by atoms with Gasteiger partial charge in [0.05, 0.1) is 5.25 Å². The summed E-state index contributed by atoms with van der Waals surface area (Å²) >= 11 is 3.23. The summed E-state index contributed by atoms with van der Waals surface area (Å²) in [5.41, 5.74) is 0. The minimum absolute atomic E-state index is 0.1000. The van der Waals surface area contributed by atoms with E-state index >= 15 is 0 Å². The molecule has 1 unspecified atom stereocenters. The number of nitrogens with one attached hydrogen (secondary N) is 1. The van der Waals surface area contributed by atoms with Crippen LogP contribution in [0.1, 0.15) is 64.2 Å². The Labute approximate surface area is 134 Å². The summed E-state index contributed by atoms with van der Waals surface area (Å²) in [7, 11) is 0. The van der Waals surface area contributed by atoms with Gasteiger partial charge in [0.2, 0.25) is 5.13 Å². The Morgan fingerprint density at radius 1 is 1.00 bits per heavy atom. The first kappa shape index (κ1) is 15.3. The number of aromatic nitrogens is 2. The smallest absolute Gasteiger partial charge is 0.206 e. The molecule has 1 aromatic heterocycles. The van der Waals surface area contributed by atoms with Crippen LogP contribution in [0.15, 0.2) is 4.34 Å². The molecular weight excluding hydrogens is 302 g/mol. The van der Waals surface area contributed by atoms with Crippen LogP contribution in [-0.2, 0) is 4.79 Å². The molecule has 21 heavy (non-hydrogen) atoms. The van der Waals surface area contributed by atoms with E-state index in [0.29, 0.717) is 11.8 Å². The van der Waals surface area contributed by atoms with Gasteiger partial charge in [-0.25, -0.2) is 0 Å². The lowest BCUT2D eigenvalue weighted by Gasteiger charge is -2.21. The topological polar surface area (TPSA) is 54.9 Å². The molecule has 1 aromatic rings. The lowest BCUT2D eigenvalue weighted by molar-refractivity contribution is -0.118. The molecule has 2 saturated carbocycles. The van der Waals surface area contributed by atoms with Crippen LogP contribution in [0.4, 0.5) is 5.13 Å². The number of carbonyl (C=O) groups is 1. The van der Waals surface area contributed by atoms with Crippen LogP contribution in [0, 0.1) is 0 Å². The van der Waals surface area contributed by atoms with Gasteiger partial charge in [0.25, 0.3) is 0 Å². The fourth-order valence-corrected chi connectivity index (χ4v) is 5.31. The molecule has 0 aliphatic heterocycles. The highest BCUT2D eigenvalue weighted by Gasteiger charge is 2.23. The molecule has 2 aliphatic rings. The van der Waals surface area contributed by atoms with Gasteiger partial charge in [-0.2, -0.15) is 0 Å². The van der Waals surface area contributed by atoms with Gasteiger partial charge in [-0.3, -0.25) is 4.79 Å². The van der Waals surface area contributed by atoms with E-state index in [1.807, 2.05) is 0 Å². The number of ketones is 1. The Morgan fingerprint density at radius 2 is 1.76 bits per heavy atom. The Bertz CT molecular complexity index is 471. The fourth-order valence-electron chi connectivity index (χ4n) is 3.11. The second-order valence-corrected chi connectivity index (χ2v) is 8.45. The van der Waals surface area contributed by atoms with Crippen molar-refractivity contribution < 1.29 is 4.79 Å². The van der Waals surface area contributed by atoms with E-state index in [4.69, 9.17) is 0 Å². The number of carbonyl (C=O) groups excluding carboxylic acids is 1. The minimum atomic E-state index is 0.1000. The molecular formula is C15H23N3OS2. The van der Waals surface area contributed by atoms with Gasteiger partial charge in [0.1, 0.15) is 5.78 Å². The number of thioether (sulfide) groups is 1. The monoisotopic (exact) mass is 325 g/mol. The van der Waals surface area contributed by atoms with Gasteiger partial charge in [-0.15, -0.1) is 10.2 Å². The van der Waals surface area contributed by atoms with Crippen molar-refractivity contribution >= 4 is 34.0 Å². The van der Waals surface area contributed by atoms with Gasteiger partial charge >= 0.3 is 0 Å². The first-order valence-electron chi connectivity index (χ1n) is 8.11. The molecule has 116 valence electrons. The van der Waals surface area contributed by atoms with Crippen LogP contribution in [-0.4, -0.2) is 27.3 Å². The normalized spacial score (nSPS) is 24.8. The zero-order chi connectivity index (χ0) is 14.5. The second-order valence-electron chi connectivity index (χ2n) is 6.02. The zero-order valence-electron chi connectivity index (χ0n) is 12.3. The molecule has 0 amide bonds. The van der Waals surface area contributed by atoms with E-state index in [1.165, 1.54) is 38.5 Å². The standard InChI is InChI=1S/C15H23N3OS2/c19-12-9-5-2-6-10-13(12)20-15-18-17-14(21-15)16-11-7-3-1-4-8-11/h11,13H,1-10H2,(H,16,17).